The minimum Gasteiger partial charge on any atom is -0.462 e. The summed E-state index contributed by atoms with van der Waals surface area (Å²) in [6.45, 7) is 4.58. The Balaban J connectivity index is 5.42. The third kappa shape index (κ3) is 77.4. The number of phosphoric acid groups is 2. The summed E-state index contributed by atoms with van der Waals surface area (Å²) in [7, 11) is -9.99. The van der Waals surface area contributed by atoms with Gasteiger partial charge in [0.25, 0.3) is 0 Å². The van der Waals surface area contributed by atoms with Gasteiger partial charge in [0.1, 0.15) is 19.3 Å². The molecule has 3 N–H and O–H groups in total. The quantitative estimate of drug-likeness (QED) is 0.0169. The van der Waals surface area contributed by atoms with Crippen molar-refractivity contribution in [2.24, 2.45) is 0 Å². The second kappa shape index (κ2) is 78.3. The molecular weight excluding hydrogens is 1380 g/mol. The first kappa shape index (κ1) is 101. The Morgan fingerprint density at radius 2 is 0.491 bits per heavy atom. The Labute approximate surface area is 644 Å². The zero-order valence-corrected chi connectivity index (χ0v) is 68.4. The molecule has 5 atom stereocenters. The van der Waals surface area contributed by atoms with Crippen LogP contribution in [0.4, 0.5) is 0 Å². The summed E-state index contributed by atoms with van der Waals surface area (Å²) in [5.74, 6) is -2.25. The van der Waals surface area contributed by atoms with Crippen LogP contribution in [0.25, 0.3) is 0 Å². The fourth-order valence-electron chi connectivity index (χ4n) is 10.9. The van der Waals surface area contributed by atoms with Gasteiger partial charge in [0, 0.05) is 25.7 Å². The van der Waals surface area contributed by atoms with E-state index in [4.69, 9.17) is 37.0 Å². The van der Waals surface area contributed by atoms with Gasteiger partial charge in [-0.15, -0.1) is 0 Å². The highest BCUT2D eigenvalue weighted by Crippen LogP contribution is 2.45. The van der Waals surface area contributed by atoms with Crippen molar-refractivity contribution in [3.05, 3.63) is 134 Å². The van der Waals surface area contributed by atoms with Gasteiger partial charge in [-0.25, -0.2) is 9.13 Å². The minimum atomic E-state index is -4.99. The molecule has 0 aliphatic heterocycles. The number of esters is 4. The first-order valence-electron chi connectivity index (χ1n) is 41.4. The van der Waals surface area contributed by atoms with Crippen molar-refractivity contribution in [3.8, 4) is 0 Å². The lowest BCUT2D eigenvalue weighted by Crippen LogP contribution is -2.30. The van der Waals surface area contributed by atoms with Gasteiger partial charge in [-0.05, 0) is 141 Å². The van der Waals surface area contributed by atoms with Crippen molar-refractivity contribution in [1.82, 2.24) is 0 Å². The summed E-state index contributed by atoms with van der Waals surface area (Å²) >= 11 is 0. The van der Waals surface area contributed by atoms with Crippen LogP contribution >= 0.6 is 15.6 Å². The molecule has 0 heterocycles. The molecule has 0 aliphatic rings. The zero-order chi connectivity index (χ0) is 77.4. The van der Waals surface area contributed by atoms with Crippen LogP contribution in [0.2, 0.25) is 0 Å². The predicted octanol–water partition coefficient (Wildman–Crippen LogP) is 24.4. The van der Waals surface area contributed by atoms with Crippen LogP contribution in [0.3, 0.4) is 0 Å². The lowest BCUT2D eigenvalue weighted by molar-refractivity contribution is -0.161. The standard InChI is InChI=1S/C87H148O17P2/c1-5-9-13-17-21-25-29-33-36-38-40-42-45-49-52-56-60-64-68-72-85(90)98-77-82(103-86(91)73-69-65-61-57-53-47-32-28-24-20-16-12-8-4)79-101-105(93,94)99-75-81(88)76-100-106(95,96)102-80-83(78-97-84(89)71-67-63-59-55-51-48-44-35-31-27-23-19-15-11-7-3)104-87(92)74-70-66-62-58-54-50-46-43-41-39-37-34-30-26-22-18-14-10-6-2/h9-10,13-14,21-22,25-26,28,32-34,36-37,40-43,49-50,52,54,81-83,88H,5-8,11-12,15-20,23-24,27,29-31,35,38-39,44-48,51,53,55-80H2,1-4H3,(H,93,94)(H,95,96)/b13-9-,14-10-,25-21-,26-22-,32-28-,36-33-,37-34-,42-40-,43-41-,52-49-,54-50-/t81-,82-,83-/m1/s1. The summed E-state index contributed by atoms with van der Waals surface area (Å²) in [5.41, 5.74) is 0. The molecule has 17 nitrogen and oxygen atoms in total. The van der Waals surface area contributed by atoms with E-state index >= 15 is 0 Å². The number of ether oxygens (including phenoxy) is 4. The number of allylic oxidation sites excluding steroid dienone is 22. The highest BCUT2D eigenvalue weighted by atomic mass is 31.2. The van der Waals surface area contributed by atoms with E-state index in [-0.39, 0.29) is 25.7 Å². The second-order valence-electron chi connectivity index (χ2n) is 27.3. The SMILES string of the molecule is CC/C=C\C/C=C\C/C=C\C/C=C\C/C=C\CCCCCC(=O)OC[C@H](COP(=O)(O)OC[C@@H](O)COP(=O)(O)OC[C@@H](COC(=O)CCCCCCCCCCCCCCCCC)OC(=O)CCCCC/C=C\C/C=C\C/C=C\C/C=C\C/C=C\CC)OC(=O)CCCCCCC/C=C\CCCCCC. The van der Waals surface area contributed by atoms with Gasteiger partial charge in [0.05, 0.1) is 26.4 Å². The van der Waals surface area contributed by atoms with E-state index in [0.717, 1.165) is 161 Å². The number of rotatable bonds is 77. The van der Waals surface area contributed by atoms with Crippen LogP contribution in [0.1, 0.15) is 336 Å². The van der Waals surface area contributed by atoms with Crippen LogP contribution in [0.15, 0.2) is 134 Å². The van der Waals surface area contributed by atoms with Crippen LogP contribution in [0, 0.1) is 0 Å². The Kier molecular flexibility index (Phi) is 74.8. The summed E-state index contributed by atoms with van der Waals surface area (Å²) in [5, 5.41) is 10.7. The number of carbonyl (C=O) groups excluding carboxylic acids is 4. The van der Waals surface area contributed by atoms with Crippen molar-refractivity contribution in [2.45, 2.75) is 354 Å². The van der Waals surface area contributed by atoms with Gasteiger partial charge in [-0.1, -0.05) is 303 Å². The Hall–Kier alpha value is -4.80. The van der Waals surface area contributed by atoms with E-state index in [0.29, 0.717) is 25.7 Å². The van der Waals surface area contributed by atoms with Crippen molar-refractivity contribution in [2.75, 3.05) is 39.6 Å². The molecular formula is C87H148O17P2. The second-order valence-corrected chi connectivity index (χ2v) is 30.2. The minimum absolute atomic E-state index is 0.0544. The molecule has 0 radical (unpaired) electrons. The molecule has 0 spiro atoms. The normalized spacial score (nSPS) is 14.5. The number of aliphatic hydroxyl groups is 1. The van der Waals surface area contributed by atoms with Crippen molar-refractivity contribution >= 4 is 39.5 Å². The van der Waals surface area contributed by atoms with Gasteiger partial charge >= 0.3 is 39.5 Å². The smallest absolute Gasteiger partial charge is 0.462 e. The van der Waals surface area contributed by atoms with Crippen LogP contribution < -0.4 is 0 Å². The van der Waals surface area contributed by atoms with Gasteiger partial charge in [0.15, 0.2) is 12.2 Å². The van der Waals surface area contributed by atoms with E-state index in [1.807, 2.05) is 0 Å². The van der Waals surface area contributed by atoms with E-state index in [9.17, 15) is 43.2 Å². The van der Waals surface area contributed by atoms with Crippen LogP contribution in [-0.2, 0) is 65.4 Å². The highest BCUT2D eigenvalue weighted by molar-refractivity contribution is 7.47. The number of carbonyl (C=O) groups is 4. The number of hydrogen-bond acceptors (Lipinski definition) is 15. The molecule has 2 unspecified atom stereocenters. The summed E-state index contributed by atoms with van der Waals surface area (Å²) in [4.78, 5) is 73.1. The van der Waals surface area contributed by atoms with E-state index in [2.05, 4.69) is 161 Å². The molecule has 0 bridgehead atoms. The summed E-state index contributed by atoms with van der Waals surface area (Å²) < 4.78 is 68.7. The third-order valence-corrected chi connectivity index (χ3v) is 19.0. The monoisotopic (exact) mass is 1530 g/mol. The van der Waals surface area contributed by atoms with E-state index in [1.165, 1.54) is 96.3 Å². The summed E-state index contributed by atoms with van der Waals surface area (Å²) in [6, 6.07) is 0. The molecule has 0 aromatic carbocycles. The molecule has 608 valence electrons. The third-order valence-electron chi connectivity index (χ3n) is 17.1. The first-order valence-corrected chi connectivity index (χ1v) is 44.4. The largest absolute Gasteiger partial charge is 0.472 e. The number of hydrogen-bond donors (Lipinski definition) is 3. The topological polar surface area (TPSA) is 237 Å². The molecule has 0 saturated carbocycles. The molecule has 0 aromatic heterocycles. The molecule has 0 saturated heterocycles. The van der Waals surface area contributed by atoms with Crippen molar-refractivity contribution in [3.63, 3.8) is 0 Å². The Morgan fingerprint density at radius 1 is 0.274 bits per heavy atom. The first-order chi connectivity index (χ1) is 51.7. The van der Waals surface area contributed by atoms with Crippen molar-refractivity contribution < 1.29 is 80.2 Å². The van der Waals surface area contributed by atoms with Gasteiger partial charge in [0.2, 0.25) is 0 Å². The van der Waals surface area contributed by atoms with Gasteiger partial charge in [-0.2, -0.15) is 0 Å². The summed E-state index contributed by atoms with van der Waals surface area (Å²) in [6.07, 6.45) is 88.5. The maximum Gasteiger partial charge on any atom is 0.472 e. The predicted molar refractivity (Wildman–Crippen MR) is 436 cm³/mol. The average molecular weight is 1530 g/mol. The maximum absolute atomic E-state index is 13.1. The molecule has 0 aliphatic carbocycles. The van der Waals surface area contributed by atoms with E-state index < -0.39 is 97.5 Å². The van der Waals surface area contributed by atoms with Crippen molar-refractivity contribution in [1.29, 1.82) is 0 Å². The fourth-order valence-corrected chi connectivity index (χ4v) is 12.4. The van der Waals surface area contributed by atoms with Crippen LogP contribution in [0.5, 0.6) is 0 Å². The molecule has 0 rings (SSSR count). The molecule has 0 aromatic rings. The molecule has 0 amide bonds. The van der Waals surface area contributed by atoms with Gasteiger partial charge < -0.3 is 33.8 Å². The number of aliphatic hydroxyl groups excluding tert-OH is 1. The van der Waals surface area contributed by atoms with E-state index in [1.54, 1.807) is 0 Å². The Bertz CT molecular complexity index is 2530. The van der Waals surface area contributed by atoms with Crippen LogP contribution in [-0.4, -0.2) is 96.7 Å². The average Bonchev–Trinajstić information content (AvgIpc) is 0.899. The lowest BCUT2D eigenvalue weighted by atomic mass is 10.0. The maximum atomic E-state index is 13.1. The Morgan fingerprint density at radius 3 is 0.783 bits per heavy atom. The zero-order valence-electron chi connectivity index (χ0n) is 66.6. The number of phosphoric ester groups is 2. The van der Waals surface area contributed by atoms with Gasteiger partial charge in [-0.3, -0.25) is 37.3 Å². The lowest BCUT2D eigenvalue weighted by Gasteiger charge is -2.21. The molecule has 19 heteroatoms. The molecule has 0 fully saturated rings. The number of unbranched alkanes of at least 4 members (excludes halogenated alkanes) is 29. The fraction of sp³-hybridized carbons (Fsp3) is 0.701. The molecule has 106 heavy (non-hydrogen) atoms. The highest BCUT2D eigenvalue weighted by Gasteiger charge is 2.30.